The lowest BCUT2D eigenvalue weighted by Gasteiger charge is -2.29. The fraction of sp³-hybridized carbons (Fsp3) is 0.357. The Kier molecular flexibility index (Phi) is 11.6. The van der Waals surface area contributed by atoms with Crippen molar-refractivity contribution in [3.05, 3.63) is 103 Å². The minimum atomic E-state index is -0.966. The van der Waals surface area contributed by atoms with E-state index >= 15 is 0 Å². The number of methoxy groups -OCH3 is 1. The number of rotatable bonds is 12. The van der Waals surface area contributed by atoms with Crippen LogP contribution in [0.4, 0.5) is 9.59 Å². The zero-order chi connectivity index (χ0) is 40.1. The fourth-order valence-corrected chi connectivity index (χ4v) is 7.71. The summed E-state index contributed by atoms with van der Waals surface area (Å²) < 4.78 is 9.98. The van der Waals surface area contributed by atoms with Crippen molar-refractivity contribution in [3.8, 4) is 33.6 Å². The summed E-state index contributed by atoms with van der Waals surface area (Å²) in [5, 5.41) is 2.70. The molecule has 15 heteroatoms. The van der Waals surface area contributed by atoms with Crippen molar-refractivity contribution in [1.29, 1.82) is 0 Å². The summed E-state index contributed by atoms with van der Waals surface area (Å²) in [6.07, 6.45) is 5.99. The molecule has 2 aliphatic rings. The lowest BCUT2D eigenvalue weighted by atomic mass is 10.0. The van der Waals surface area contributed by atoms with Gasteiger partial charge in [0, 0.05) is 31.4 Å². The molecule has 4 atom stereocenters. The molecule has 5 N–H and O–H groups in total. The summed E-state index contributed by atoms with van der Waals surface area (Å²) in [5.74, 6) is 0.678. The normalized spacial score (nSPS) is 17.7. The number of pyridine rings is 1. The second kappa shape index (κ2) is 17.1. The van der Waals surface area contributed by atoms with Crippen molar-refractivity contribution in [2.45, 2.75) is 70.2 Å². The van der Waals surface area contributed by atoms with E-state index in [2.05, 4.69) is 54.5 Å². The molecule has 2 saturated heterocycles. The number of aromatic nitrogens is 5. The molecule has 0 unspecified atom stereocenters. The Hall–Kier alpha value is -6.51. The molecule has 0 bridgehead atoms. The standard InChI is InChI=1S/C42H47N9O6/c1-25(2)36(57-41(43)54)40(53)51-21-7-10-35(51)38-46-24-33(48-38)29-17-13-27(14-18-29)26-11-15-28(16-12-26)32-23-45-37(47-32)34-9-6-20-50(34)39(52)31(49-42(55)56-3)22-30-8-4-5-19-44-30/h4-5,8,11-19,23-25,31,34-36H,6-7,9-10,20-22H2,1-3H3,(H2,43,54)(H,45,47)(H,46,48)(H,49,55)/t31-,34-,35-,36-/m0/s1. The number of ether oxygens (including phenoxy) is 2. The Morgan fingerprint density at radius 3 is 1.77 bits per heavy atom. The molecule has 0 aliphatic carbocycles. The number of carbonyl (C=O) groups excluding carboxylic acids is 4. The molecule has 5 heterocycles. The van der Waals surface area contributed by atoms with Crippen LogP contribution >= 0.6 is 0 Å². The second-order valence-corrected chi connectivity index (χ2v) is 14.7. The Balaban J connectivity index is 1.00. The molecule has 7 rings (SSSR count). The number of H-pyrrole nitrogens is 2. The van der Waals surface area contributed by atoms with Crippen LogP contribution in [0.5, 0.6) is 0 Å². The van der Waals surface area contributed by atoms with Gasteiger partial charge in [0.25, 0.3) is 5.91 Å². The van der Waals surface area contributed by atoms with E-state index in [-0.39, 0.29) is 36.2 Å². The summed E-state index contributed by atoms with van der Waals surface area (Å²) >= 11 is 0. The van der Waals surface area contributed by atoms with Crippen LogP contribution < -0.4 is 11.1 Å². The van der Waals surface area contributed by atoms with Gasteiger partial charge in [0.15, 0.2) is 6.10 Å². The Morgan fingerprint density at radius 1 is 0.772 bits per heavy atom. The average Bonchev–Trinajstić information content (AvgIpc) is 4.06. The van der Waals surface area contributed by atoms with Gasteiger partial charge < -0.3 is 40.3 Å². The van der Waals surface area contributed by atoms with Crippen LogP contribution in [0.2, 0.25) is 0 Å². The smallest absolute Gasteiger partial charge is 0.407 e. The number of hydrogen-bond donors (Lipinski definition) is 4. The number of amides is 4. The minimum absolute atomic E-state index is 0.212. The van der Waals surface area contributed by atoms with Crippen LogP contribution in [0.1, 0.15) is 69.0 Å². The number of aromatic amines is 2. The highest BCUT2D eigenvalue weighted by Crippen LogP contribution is 2.35. The number of nitrogens with two attached hydrogens (primary N) is 1. The number of nitrogens with zero attached hydrogens (tertiary/aromatic N) is 5. The van der Waals surface area contributed by atoms with Gasteiger partial charge in [-0.05, 0) is 66.0 Å². The van der Waals surface area contributed by atoms with Crippen LogP contribution in [-0.4, -0.2) is 91.1 Å². The van der Waals surface area contributed by atoms with Crippen molar-refractivity contribution in [3.63, 3.8) is 0 Å². The van der Waals surface area contributed by atoms with Gasteiger partial charge >= 0.3 is 12.2 Å². The van der Waals surface area contributed by atoms with E-state index in [0.717, 1.165) is 59.3 Å². The molecule has 0 spiro atoms. The molecule has 3 aromatic heterocycles. The number of nitrogens with one attached hydrogen (secondary N) is 3. The summed E-state index contributed by atoms with van der Waals surface area (Å²) in [7, 11) is 1.27. The van der Waals surface area contributed by atoms with E-state index in [0.29, 0.717) is 30.4 Å². The van der Waals surface area contributed by atoms with Gasteiger partial charge in [0.2, 0.25) is 5.91 Å². The van der Waals surface area contributed by atoms with E-state index in [1.807, 2.05) is 50.2 Å². The summed E-state index contributed by atoms with van der Waals surface area (Å²) in [6, 6.07) is 20.5. The largest absolute Gasteiger partial charge is 0.453 e. The molecule has 0 saturated carbocycles. The molecule has 4 amide bonds. The number of hydrogen-bond acceptors (Lipinski definition) is 9. The Bertz CT molecular complexity index is 2180. The Morgan fingerprint density at radius 2 is 1.30 bits per heavy atom. The van der Waals surface area contributed by atoms with Gasteiger partial charge in [-0.25, -0.2) is 19.6 Å². The number of likely N-dealkylation sites (tertiary alicyclic amines) is 2. The van der Waals surface area contributed by atoms with Gasteiger partial charge in [0.05, 0.1) is 43.0 Å². The third-order valence-electron chi connectivity index (χ3n) is 10.6. The van der Waals surface area contributed by atoms with E-state index in [9.17, 15) is 19.2 Å². The van der Waals surface area contributed by atoms with E-state index in [1.54, 1.807) is 34.5 Å². The predicted molar refractivity (Wildman–Crippen MR) is 211 cm³/mol. The quantitative estimate of drug-likeness (QED) is 0.118. The molecule has 2 aliphatic heterocycles. The van der Waals surface area contributed by atoms with Crippen molar-refractivity contribution >= 4 is 24.0 Å². The minimum Gasteiger partial charge on any atom is -0.453 e. The molecular weight excluding hydrogens is 727 g/mol. The van der Waals surface area contributed by atoms with Crippen molar-refractivity contribution in [2.24, 2.45) is 11.7 Å². The molecule has 2 aromatic carbocycles. The van der Waals surface area contributed by atoms with Crippen LogP contribution in [0, 0.1) is 5.92 Å². The molecule has 57 heavy (non-hydrogen) atoms. The van der Waals surface area contributed by atoms with Gasteiger partial charge in [0.1, 0.15) is 17.7 Å². The first-order valence-corrected chi connectivity index (χ1v) is 19.2. The molecule has 15 nitrogen and oxygen atoms in total. The monoisotopic (exact) mass is 773 g/mol. The first-order valence-electron chi connectivity index (χ1n) is 19.2. The summed E-state index contributed by atoms with van der Waals surface area (Å²) in [6.45, 7) is 4.74. The van der Waals surface area contributed by atoms with Crippen molar-refractivity contribution in [1.82, 2.24) is 40.0 Å². The first-order chi connectivity index (χ1) is 27.6. The van der Waals surface area contributed by atoms with Crippen molar-refractivity contribution in [2.75, 3.05) is 20.2 Å². The van der Waals surface area contributed by atoms with Crippen LogP contribution in [0.15, 0.2) is 85.3 Å². The van der Waals surface area contributed by atoms with Crippen molar-refractivity contribution < 1.29 is 28.7 Å². The highest BCUT2D eigenvalue weighted by molar-refractivity contribution is 5.86. The van der Waals surface area contributed by atoms with Crippen LogP contribution in [0.3, 0.4) is 0 Å². The van der Waals surface area contributed by atoms with Crippen LogP contribution in [0.25, 0.3) is 33.6 Å². The predicted octanol–water partition coefficient (Wildman–Crippen LogP) is 5.94. The maximum absolute atomic E-state index is 13.8. The highest BCUT2D eigenvalue weighted by Gasteiger charge is 2.39. The first kappa shape index (κ1) is 38.8. The number of benzene rings is 2. The molecule has 5 aromatic rings. The number of imidazole rings is 2. The van der Waals surface area contributed by atoms with E-state index < -0.39 is 24.3 Å². The summed E-state index contributed by atoms with van der Waals surface area (Å²) in [5.41, 5.74) is 11.6. The van der Waals surface area contributed by atoms with Gasteiger partial charge in [-0.2, -0.15) is 0 Å². The van der Waals surface area contributed by atoms with E-state index in [1.165, 1.54) is 7.11 Å². The second-order valence-electron chi connectivity index (χ2n) is 14.7. The lowest BCUT2D eigenvalue weighted by molar-refractivity contribution is -0.143. The lowest BCUT2D eigenvalue weighted by Crippen LogP contribution is -2.49. The third-order valence-corrected chi connectivity index (χ3v) is 10.6. The van der Waals surface area contributed by atoms with Gasteiger partial charge in [-0.3, -0.25) is 14.6 Å². The maximum Gasteiger partial charge on any atom is 0.407 e. The average molecular weight is 774 g/mol. The zero-order valence-corrected chi connectivity index (χ0v) is 32.2. The third kappa shape index (κ3) is 8.67. The summed E-state index contributed by atoms with van der Waals surface area (Å²) in [4.78, 5) is 74.9. The number of carbonyl (C=O) groups is 4. The number of primary amides is 1. The number of alkyl carbamates (subject to hydrolysis) is 1. The molecule has 2 fully saturated rings. The molecule has 296 valence electrons. The SMILES string of the molecule is COC(=O)N[C@@H](Cc1ccccn1)C(=O)N1CCC[C@H]1c1ncc(-c2ccc(-c3ccc(-c4cnc([C@@H]5CCCN5C(=O)[C@@H](OC(N)=O)C(C)C)[nH]4)cc3)cc2)[nH]1. The highest BCUT2D eigenvalue weighted by atomic mass is 16.6. The zero-order valence-electron chi connectivity index (χ0n) is 32.2. The topological polar surface area (TPSA) is 202 Å². The van der Waals surface area contributed by atoms with E-state index in [4.69, 9.17) is 15.2 Å². The Labute approximate surface area is 330 Å². The molecular formula is C42H47N9O6. The maximum atomic E-state index is 13.8. The fourth-order valence-electron chi connectivity index (χ4n) is 7.71. The van der Waals surface area contributed by atoms with Gasteiger partial charge in [-0.15, -0.1) is 0 Å². The van der Waals surface area contributed by atoms with Crippen LogP contribution in [-0.2, 0) is 25.5 Å². The molecule has 0 radical (unpaired) electrons. The van der Waals surface area contributed by atoms with Gasteiger partial charge in [-0.1, -0.05) is 68.4 Å².